The van der Waals surface area contributed by atoms with E-state index in [-0.39, 0.29) is 60.1 Å². The van der Waals surface area contributed by atoms with Crippen LogP contribution in [0.4, 0.5) is 26.7 Å². The van der Waals surface area contributed by atoms with Crippen LogP contribution in [-0.4, -0.2) is 119 Å². The molecule has 2 fully saturated rings. The molecule has 0 radical (unpaired) electrons. The highest BCUT2D eigenvalue weighted by Gasteiger charge is 2.37. The molecule has 0 bridgehead atoms. The van der Waals surface area contributed by atoms with Gasteiger partial charge in [0.2, 0.25) is 29.5 Å². The summed E-state index contributed by atoms with van der Waals surface area (Å²) in [5, 5.41) is 51.0. The van der Waals surface area contributed by atoms with Crippen molar-refractivity contribution in [1.82, 2.24) is 57.2 Å². The number of carboxylic acid groups (broad SMARTS) is 1. The zero-order valence-electron chi connectivity index (χ0n) is 49.1. The maximum atomic E-state index is 14.1. The van der Waals surface area contributed by atoms with Crippen molar-refractivity contribution in [2.24, 2.45) is 29.4 Å². The molecular weight excluding hydrogens is 1210 g/mol. The molecule has 0 aliphatic heterocycles. The fourth-order valence-electron chi connectivity index (χ4n) is 10.8. The Kier molecular flexibility index (Phi) is 22.5. The summed E-state index contributed by atoms with van der Waals surface area (Å²) in [6.45, 7) is 7.75. The lowest BCUT2D eigenvalue weighted by Crippen LogP contribution is -2.52. The number of amides is 7. The zero-order valence-corrected chi connectivity index (χ0v) is 51.4. The lowest BCUT2D eigenvalue weighted by atomic mass is 9.81. The molecule has 0 saturated heterocycles. The average Bonchev–Trinajstić information content (AvgIpc) is 4.37. The Bertz CT molecular complexity index is 3520. The fourth-order valence-corrected chi connectivity index (χ4v) is 11.5. The van der Waals surface area contributed by atoms with E-state index in [1.807, 2.05) is 69.3 Å². The van der Waals surface area contributed by atoms with Crippen LogP contribution < -0.4 is 37.2 Å². The molecule has 0 spiro atoms. The van der Waals surface area contributed by atoms with Crippen molar-refractivity contribution in [3.63, 3.8) is 0 Å². The Morgan fingerprint density at radius 3 is 1.82 bits per heavy atom. The number of benzene rings is 5. The Morgan fingerprint density at radius 1 is 0.693 bits per heavy atom. The van der Waals surface area contributed by atoms with Crippen molar-refractivity contribution in [2.75, 3.05) is 28.6 Å². The Hall–Kier alpha value is -9.10. The number of carbonyl (C=O) groups excluding carboxylic acids is 6. The molecule has 88 heavy (non-hydrogen) atoms. The van der Waals surface area contributed by atoms with Gasteiger partial charge in [-0.25, -0.2) is 19.8 Å². The van der Waals surface area contributed by atoms with E-state index >= 15 is 0 Å². The topological polar surface area (TPSA) is 347 Å². The molecule has 5 aromatic carbocycles. The standard InChI is InChI=1S/C33H35ClN8O5.C29H36BrN7O4/c1-19(43)36-26-13-14-28(34)27(17-26)24-4-2-3-21(15-24)16-29(38-31(44)23-7-5-20(6-8-23)18-35-33(46)47)32(45)37-25-11-9-22(10-12-25)30-39-41-42-40-30;1-29(2,3)41-28(40)32-17-18-7-9-21(10-8-18)27(39)37(23-13-11-20(12-14-23)26-33-35-36-34-26)24(25(31)38)16-19-5-4-6-22(30)15-19/h2-4,9-15,17,20,23,29,35H,5-8,16,18H2,1H3,(H,36,43)(H,37,45)(H,38,44)(H,46,47)(H,39,40,41,42);4-6,11-15,18,21,24H,7-10,16-17H2,1-3H3,(H2,31,38)(H,32,40)(H,33,34,35,36)/t20-,23-,29-;18-,21-,24-/m00/s1. The van der Waals surface area contributed by atoms with Crippen molar-refractivity contribution in [3.05, 3.63) is 136 Å². The molecule has 2 atom stereocenters. The third-order valence-electron chi connectivity index (χ3n) is 15.2. The fraction of sp³-hybridized carbons (Fsp3) is 0.371. The minimum Gasteiger partial charge on any atom is -0.465 e. The van der Waals surface area contributed by atoms with Gasteiger partial charge in [0.05, 0.1) is 0 Å². The van der Waals surface area contributed by atoms with E-state index in [2.05, 4.69) is 83.8 Å². The predicted molar refractivity (Wildman–Crippen MR) is 334 cm³/mol. The number of nitrogens with two attached hydrogens (primary N) is 1. The number of ether oxygens (including phenoxy) is 1. The molecule has 26 heteroatoms. The third kappa shape index (κ3) is 18.9. The lowest BCUT2D eigenvalue weighted by Gasteiger charge is -2.36. The second kappa shape index (κ2) is 30.5. The Morgan fingerprint density at radius 2 is 1.26 bits per heavy atom. The van der Waals surface area contributed by atoms with E-state index in [1.165, 1.54) is 6.92 Å². The maximum absolute atomic E-state index is 14.1. The molecule has 7 aromatic rings. The molecule has 2 aliphatic rings. The van der Waals surface area contributed by atoms with Crippen molar-refractivity contribution in [3.8, 4) is 33.9 Å². The smallest absolute Gasteiger partial charge is 0.407 e. The predicted octanol–water partition coefficient (Wildman–Crippen LogP) is 9.28. The number of halogens is 2. The first-order valence-electron chi connectivity index (χ1n) is 28.9. The number of rotatable bonds is 20. The van der Waals surface area contributed by atoms with E-state index in [0.717, 1.165) is 45.1 Å². The number of anilines is 3. The van der Waals surface area contributed by atoms with Crippen LogP contribution in [-0.2, 0) is 41.6 Å². The number of aromatic amines is 2. The van der Waals surface area contributed by atoms with Crippen LogP contribution in [0, 0.1) is 23.7 Å². The van der Waals surface area contributed by atoms with Gasteiger partial charge in [-0.05, 0) is 200 Å². The second-order valence-corrected chi connectivity index (χ2v) is 24.2. The van der Waals surface area contributed by atoms with E-state index in [9.17, 15) is 33.6 Å². The first kappa shape index (κ1) is 64.9. The van der Waals surface area contributed by atoms with E-state index < -0.39 is 35.8 Å². The molecule has 2 heterocycles. The van der Waals surface area contributed by atoms with Crippen LogP contribution in [0.25, 0.3) is 33.9 Å². The highest BCUT2D eigenvalue weighted by Crippen LogP contribution is 2.35. The Labute approximate surface area is 521 Å². The monoisotopic (exact) mass is 1280 g/mol. The number of carbonyl (C=O) groups is 7. The van der Waals surface area contributed by atoms with Crippen LogP contribution in [0.1, 0.15) is 90.2 Å². The van der Waals surface area contributed by atoms with Gasteiger partial charge < -0.3 is 42.2 Å². The average molecular weight is 1290 g/mol. The van der Waals surface area contributed by atoms with Gasteiger partial charge >= 0.3 is 12.2 Å². The van der Waals surface area contributed by atoms with Crippen molar-refractivity contribution in [2.45, 2.75) is 110 Å². The van der Waals surface area contributed by atoms with Crippen LogP contribution in [0.2, 0.25) is 5.02 Å². The van der Waals surface area contributed by atoms with Gasteiger partial charge in [-0.15, -0.1) is 10.2 Å². The first-order valence-corrected chi connectivity index (χ1v) is 30.1. The summed E-state index contributed by atoms with van der Waals surface area (Å²) in [7, 11) is 0. The van der Waals surface area contributed by atoms with Crippen molar-refractivity contribution >= 4 is 86.3 Å². The van der Waals surface area contributed by atoms with Gasteiger partial charge in [-0.2, -0.15) is 0 Å². The second-order valence-electron chi connectivity index (χ2n) is 22.9. The van der Waals surface area contributed by atoms with Crippen LogP contribution in [0.15, 0.2) is 120 Å². The molecule has 2 aliphatic carbocycles. The third-order valence-corrected chi connectivity index (χ3v) is 16.0. The summed E-state index contributed by atoms with van der Waals surface area (Å²) >= 11 is 10.0. The van der Waals surface area contributed by atoms with Gasteiger partial charge in [0.25, 0.3) is 0 Å². The molecule has 2 aromatic heterocycles. The van der Waals surface area contributed by atoms with Gasteiger partial charge in [0.1, 0.15) is 17.7 Å². The number of nitrogens with zero attached hydrogens (tertiary/aromatic N) is 7. The first-order chi connectivity index (χ1) is 42.1. The van der Waals surface area contributed by atoms with E-state index in [1.54, 1.807) is 71.6 Å². The summed E-state index contributed by atoms with van der Waals surface area (Å²) < 4.78 is 6.21. The number of aromatic nitrogens is 8. The number of nitrogens with one attached hydrogen (secondary N) is 7. The van der Waals surface area contributed by atoms with Crippen molar-refractivity contribution < 1.29 is 43.4 Å². The molecule has 24 nitrogen and oxygen atoms in total. The largest absolute Gasteiger partial charge is 0.465 e. The molecule has 0 unspecified atom stereocenters. The van der Waals surface area contributed by atoms with Crippen LogP contribution in [0.3, 0.4) is 0 Å². The number of hydrogen-bond acceptors (Lipinski definition) is 14. The number of tetrazole rings is 2. The van der Waals surface area contributed by atoms with Gasteiger partial charge in [0, 0.05) is 87.9 Å². The molecule has 7 amide bonds. The lowest BCUT2D eigenvalue weighted by molar-refractivity contribution is -0.130. The molecule has 2 saturated carbocycles. The highest BCUT2D eigenvalue weighted by atomic mass is 79.9. The molecule has 462 valence electrons. The summed E-state index contributed by atoms with van der Waals surface area (Å²) in [6, 6.07) is 32.7. The number of H-pyrrole nitrogens is 2. The quantitative estimate of drug-likeness (QED) is 0.0343. The van der Waals surface area contributed by atoms with Gasteiger partial charge in [-0.1, -0.05) is 63.9 Å². The van der Waals surface area contributed by atoms with Gasteiger partial charge in [-0.3, -0.25) is 28.9 Å². The van der Waals surface area contributed by atoms with E-state index in [4.69, 9.17) is 27.2 Å². The number of primary amides is 1. The van der Waals surface area contributed by atoms with Crippen LogP contribution in [0.5, 0.6) is 0 Å². The molecule has 9 rings (SSSR count). The number of alkyl carbamates (subject to hydrolysis) is 1. The van der Waals surface area contributed by atoms with E-state index in [0.29, 0.717) is 90.9 Å². The maximum Gasteiger partial charge on any atom is 0.407 e. The summed E-state index contributed by atoms with van der Waals surface area (Å²) in [5.41, 5.74) is 11.7. The van der Waals surface area contributed by atoms with Gasteiger partial charge in [0.15, 0.2) is 11.6 Å². The summed E-state index contributed by atoms with van der Waals surface area (Å²) in [4.78, 5) is 90.3. The molecular formula is C62H71BrClN15O9. The highest BCUT2D eigenvalue weighted by molar-refractivity contribution is 9.10. The number of hydrogen-bond donors (Lipinski definition) is 9. The normalized spacial score (nSPS) is 17.1. The van der Waals surface area contributed by atoms with Crippen LogP contribution >= 0.6 is 27.5 Å². The SMILES string of the molecule is CC(=O)Nc1ccc(Cl)c(-c2cccc(C[C@H](NC(=O)[C@H]3CC[C@H](CNC(=O)O)CC3)C(=O)Nc3ccc(-c4nnn[nH]4)cc3)c2)c1.CC(C)(C)OC(=O)NC[C@H]1CC[C@H](C(=O)N(c2ccc(-c3nnn[nH]3)cc2)[C@@H](Cc2cccc(Br)c2)C(N)=O)CC1. The molecule has 10 N–H and O–H groups in total. The Balaban J connectivity index is 0.000000230. The minimum atomic E-state index is -1.06. The summed E-state index contributed by atoms with van der Waals surface area (Å²) in [6.07, 6.45) is 4.40. The zero-order chi connectivity index (χ0) is 62.9. The van der Waals surface area contributed by atoms with Crippen molar-refractivity contribution in [1.29, 1.82) is 0 Å². The minimum absolute atomic E-state index is 0.142. The summed E-state index contributed by atoms with van der Waals surface area (Å²) in [5.74, 6) is -0.712.